The number of aliphatic hydroxyl groups is 1. The van der Waals surface area contributed by atoms with Crippen molar-refractivity contribution in [3.8, 4) is 0 Å². The van der Waals surface area contributed by atoms with E-state index in [1.54, 1.807) is 12.1 Å². The van der Waals surface area contributed by atoms with Gasteiger partial charge >= 0.3 is 0 Å². The molecule has 2 rings (SSSR count). The molecule has 0 unspecified atom stereocenters. The molecular weight excluding hydrogens is 282 g/mol. The number of rotatable bonds is 4. The molecule has 1 heterocycles. The molecule has 2 N–H and O–H groups in total. The van der Waals surface area contributed by atoms with Crippen molar-refractivity contribution in [3.05, 3.63) is 45.6 Å². The van der Waals surface area contributed by atoms with Gasteiger partial charge in [-0.1, -0.05) is 6.07 Å². The Kier molecular flexibility index (Phi) is 3.93. The Morgan fingerprint density at radius 2 is 1.95 bits per heavy atom. The highest BCUT2D eigenvalue weighted by atomic mass is 32.2. The monoisotopic (exact) mass is 297 g/mol. The average molecular weight is 297 g/mol. The van der Waals surface area contributed by atoms with Crippen molar-refractivity contribution in [2.24, 2.45) is 0 Å². The first kappa shape index (κ1) is 14.0. The summed E-state index contributed by atoms with van der Waals surface area (Å²) >= 11 is 1.22. The van der Waals surface area contributed by atoms with Crippen LogP contribution in [0.15, 0.2) is 34.5 Å². The maximum atomic E-state index is 12.1. The zero-order valence-corrected chi connectivity index (χ0v) is 12.3. The van der Waals surface area contributed by atoms with Gasteiger partial charge < -0.3 is 5.11 Å². The molecule has 1 aromatic carbocycles. The van der Waals surface area contributed by atoms with Crippen LogP contribution in [0.4, 0.5) is 5.69 Å². The zero-order chi connectivity index (χ0) is 14.0. The second-order valence-corrected chi connectivity index (χ2v) is 6.99. The lowest BCUT2D eigenvalue weighted by molar-refractivity contribution is 0.285. The second-order valence-electron chi connectivity index (χ2n) is 4.31. The van der Waals surface area contributed by atoms with Crippen LogP contribution in [0, 0.1) is 13.8 Å². The standard InChI is InChI=1S/C13H15NO3S2/c1-9-3-4-11(5-10(9)2)14-19(16,17)13-6-12(7-15)18-8-13/h3-6,8,14-15H,7H2,1-2H3. The number of nitrogens with one attached hydrogen (secondary N) is 1. The highest BCUT2D eigenvalue weighted by molar-refractivity contribution is 7.92. The molecule has 0 bridgehead atoms. The fourth-order valence-electron chi connectivity index (χ4n) is 1.60. The van der Waals surface area contributed by atoms with Crippen LogP contribution in [0.5, 0.6) is 0 Å². The fraction of sp³-hybridized carbons (Fsp3) is 0.231. The van der Waals surface area contributed by atoms with E-state index in [2.05, 4.69) is 4.72 Å². The van der Waals surface area contributed by atoms with E-state index in [0.717, 1.165) is 11.1 Å². The predicted octanol–water partition coefficient (Wildman–Crippen LogP) is 2.66. The average Bonchev–Trinajstić information content (AvgIpc) is 2.83. The molecule has 0 saturated carbocycles. The minimum absolute atomic E-state index is 0.149. The summed E-state index contributed by atoms with van der Waals surface area (Å²) in [6.45, 7) is 3.76. The maximum absolute atomic E-state index is 12.1. The molecule has 102 valence electrons. The van der Waals surface area contributed by atoms with E-state index in [0.29, 0.717) is 10.6 Å². The smallest absolute Gasteiger partial charge is 0.262 e. The van der Waals surface area contributed by atoms with Crippen LogP contribution in [-0.2, 0) is 16.6 Å². The second kappa shape index (κ2) is 5.32. The van der Waals surface area contributed by atoms with E-state index in [4.69, 9.17) is 5.11 Å². The van der Waals surface area contributed by atoms with Gasteiger partial charge in [0.2, 0.25) is 0 Å². The van der Waals surface area contributed by atoms with Crippen molar-refractivity contribution >= 4 is 27.0 Å². The molecule has 0 atom stereocenters. The lowest BCUT2D eigenvalue weighted by Crippen LogP contribution is -2.12. The number of hydrogen-bond acceptors (Lipinski definition) is 4. The topological polar surface area (TPSA) is 66.4 Å². The molecule has 0 fully saturated rings. The third-order valence-corrected chi connectivity index (χ3v) is 5.29. The van der Waals surface area contributed by atoms with Crippen LogP contribution < -0.4 is 4.72 Å². The molecule has 19 heavy (non-hydrogen) atoms. The van der Waals surface area contributed by atoms with Crippen molar-refractivity contribution in [1.82, 2.24) is 0 Å². The first-order chi connectivity index (χ1) is 8.92. The van der Waals surface area contributed by atoms with Gasteiger partial charge in [-0.15, -0.1) is 11.3 Å². The minimum Gasteiger partial charge on any atom is -0.391 e. The van der Waals surface area contributed by atoms with Crippen LogP contribution in [0.1, 0.15) is 16.0 Å². The SMILES string of the molecule is Cc1ccc(NS(=O)(=O)c2csc(CO)c2)cc1C. The maximum Gasteiger partial charge on any atom is 0.262 e. The molecule has 0 radical (unpaired) electrons. The quantitative estimate of drug-likeness (QED) is 0.911. The normalized spacial score (nSPS) is 11.5. The molecule has 0 spiro atoms. The van der Waals surface area contributed by atoms with Crippen molar-refractivity contribution in [2.45, 2.75) is 25.3 Å². The Balaban J connectivity index is 2.28. The van der Waals surface area contributed by atoms with Gasteiger partial charge in [0.05, 0.1) is 11.5 Å². The molecule has 0 aliphatic rings. The van der Waals surface area contributed by atoms with Gasteiger partial charge in [-0.25, -0.2) is 8.42 Å². The first-order valence-electron chi connectivity index (χ1n) is 5.71. The van der Waals surface area contributed by atoms with Gasteiger partial charge in [-0.05, 0) is 43.2 Å². The minimum atomic E-state index is -3.58. The lowest BCUT2D eigenvalue weighted by atomic mass is 10.1. The summed E-state index contributed by atoms with van der Waals surface area (Å²) in [4.78, 5) is 0.806. The predicted molar refractivity (Wildman–Crippen MR) is 77.0 cm³/mol. The Hall–Kier alpha value is -1.37. The zero-order valence-electron chi connectivity index (χ0n) is 10.7. The third kappa shape index (κ3) is 3.15. The van der Waals surface area contributed by atoms with Crippen LogP contribution in [0.25, 0.3) is 0 Å². The molecule has 0 aliphatic heterocycles. The molecule has 6 heteroatoms. The molecule has 1 aromatic heterocycles. The van der Waals surface area contributed by atoms with E-state index < -0.39 is 10.0 Å². The van der Waals surface area contributed by atoms with Crippen molar-refractivity contribution in [3.63, 3.8) is 0 Å². The summed E-state index contributed by atoms with van der Waals surface area (Å²) in [5, 5.41) is 10.5. The van der Waals surface area contributed by atoms with Gasteiger partial charge in [-0.3, -0.25) is 4.72 Å². The highest BCUT2D eigenvalue weighted by Gasteiger charge is 2.16. The van der Waals surface area contributed by atoms with Gasteiger partial charge in [-0.2, -0.15) is 0 Å². The van der Waals surface area contributed by atoms with Gasteiger partial charge in [0, 0.05) is 15.9 Å². The van der Waals surface area contributed by atoms with E-state index in [1.165, 1.54) is 22.8 Å². The molecule has 2 aromatic rings. The van der Waals surface area contributed by atoms with Gasteiger partial charge in [0.15, 0.2) is 0 Å². The lowest BCUT2D eigenvalue weighted by Gasteiger charge is -2.08. The molecule has 0 amide bonds. The molecule has 0 aliphatic carbocycles. The number of aliphatic hydroxyl groups excluding tert-OH is 1. The largest absolute Gasteiger partial charge is 0.391 e. The number of benzene rings is 1. The van der Waals surface area contributed by atoms with Crippen LogP contribution in [-0.4, -0.2) is 13.5 Å². The van der Waals surface area contributed by atoms with E-state index in [1.807, 2.05) is 19.9 Å². The van der Waals surface area contributed by atoms with E-state index in [9.17, 15) is 8.42 Å². The van der Waals surface area contributed by atoms with Crippen LogP contribution >= 0.6 is 11.3 Å². The number of aryl methyl sites for hydroxylation is 2. The van der Waals surface area contributed by atoms with Crippen molar-refractivity contribution in [2.75, 3.05) is 4.72 Å². The van der Waals surface area contributed by atoms with Crippen molar-refractivity contribution < 1.29 is 13.5 Å². The Labute approximate surface area is 116 Å². The summed E-state index contributed by atoms with van der Waals surface area (Å²) in [7, 11) is -3.58. The Bertz CT molecular complexity index is 690. The summed E-state index contributed by atoms with van der Waals surface area (Å²) in [6, 6.07) is 6.89. The molecular formula is C13H15NO3S2. The fourth-order valence-corrected chi connectivity index (χ4v) is 3.79. The van der Waals surface area contributed by atoms with E-state index in [-0.39, 0.29) is 11.5 Å². The Morgan fingerprint density at radius 1 is 1.21 bits per heavy atom. The molecule has 0 saturated heterocycles. The Morgan fingerprint density at radius 3 is 2.53 bits per heavy atom. The third-order valence-electron chi connectivity index (χ3n) is 2.85. The van der Waals surface area contributed by atoms with Gasteiger partial charge in [0.25, 0.3) is 10.0 Å². The van der Waals surface area contributed by atoms with Crippen LogP contribution in [0.2, 0.25) is 0 Å². The summed E-state index contributed by atoms with van der Waals surface area (Å²) in [5.74, 6) is 0. The highest BCUT2D eigenvalue weighted by Crippen LogP contribution is 2.23. The number of thiophene rings is 1. The summed E-state index contributed by atoms with van der Waals surface area (Å²) < 4.78 is 26.8. The van der Waals surface area contributed by atoms with Crippen LogP contribution in [0.3, 0.4) is 0 Å². The summed E-state index contributed by atoms with van der Waals surface area (Å²) in [6.07, 6.45) is 0. The molecule has 4 nitrogen and oxygen atoms in total. The first-order valence-corrected chi connectivity index (χ1v) is 8.07. The summed E-state index contributed by atoms with van der Waals surface area (Å²) in [5.41, 5.74) is 2.68. The van der Waals surface area contributed by atoms with Crippen molar-refractivity contribution in [1.29, 1.82) is 0 Å². The number of anilines is 1. The number of sulfonamides is 1. The number of hydrogen-bond donors (Lipinski definition) is 2. The van der Waals surface area contributed by atoms with E-state index >= 15 is 0 Å². The van der Waals surface area contributed by atoms with Gasteiger partial charge in [0.1, 0.15) is 0 Å².